The lowest BCUT2D eigenvalue weighted by molar-refractivity contribution is 0.275. The molecule has 3 nitrogen and oxygen atoms in total. The molecule has 0 radical (unpaired) electrons. The first-order chi connectivity index (χ1) is 8.09. The summed E-state index contributed by atoms with van der Waals surface area (Å²) in [6, 6.07) is 0. The first-order valence-corrected chi connectivity index (χ1v) is 6.78. The van der Waals surface area contributed by atoms with Gasteiger partial charge < -0.3 is 5.32 Å². The summed E-state index contributed by atoms with van der Waals surface area (Å²) < 4.78 is 1.89. The Morgan fingerprint density at radius 2 is 2.12 bits per heavy atom. The lowest BCUT2D eigenvalue weighted by Gasteiger charge is -2.29. The molecule has 1 unspecified atom stereocenters. The molecule has 1 atom stereocenters. The number of aromatic nitrogens is 2. The van der Waals surface area contributed by atoms with Crippen molar-refractivity contribution >= 4 is 0 Å². The van der Waals surface area contributed by atoms with Crippen molar-refractivity contribution in [1.29, 1.82) is 0 Å². The van der Waals surface area contributed by atoms with E-state index >= 15 is 0 Å². The van der Waals surface area contributed by atoms with E-state index in [4.69, 9.17) is 0 Å². The minimum atomic E-state index is 0.354. The van der Waals surface area contributed by atoms with Gasteiger partial charge in [0.2, 0.25) is 0 Å². The van der Waals surface area contributed by atoms with E-state index in [1.807, 2.05) is 17.9 Å². The van der Waals surface area contributed by atoms with Gasteiger partial charge in [0, 0.05) is 19.8 Å². The molecule has 0 fully saturated rings. The Balaban J connectivity index is 2.56. The number of nitrogens with one attached hydrogen (secondary N) is 1. The minimum absolute atomic E-state index is 0.354. The Bertz CT molecular complexity index is 319. The summed E-state index contributed by atoms with van der Waals surface area (Å²) in [6.45, 7) is 9.08. The van der Waals surface area contributed by atoms with Crippen molar-refractivity contribution < 1.29 is 0 Å². The molecule has 3 heteroatoms. The molecule has 0 amide bonds. The number of hydrogen-bond acceptors (Lipinski definition) is 2. The highest BCUT2D eigenvalue weighted by Gasteiger charge is 2.23. The van der Waals surface area contributed by atoms with Gasteiger partial charge in [0.1, 0.15) is 0 Å². The number of rotatable bonds is 8. The van der Waals surface area contributed by atoms with E-state index < -0.39 is 0 Å². The van der Waals surface area contributed by atoms with Gasteiger partial charge in [-0.1, -0.05) is 27.2 Å². The average molecular weight is 237 g/mol. The second-order valence-electron chi connectivity index (χ2n) is 5.44. The summed E-state index contributed by atoms with van der Waals surface area (Å²) in [7, 11) is 1.98. The monoisotopic (exact) mass is 237 g/mol. The van der Waals surface area contributed by atoms with E-state index in [1.165, 1.54) is 24.8 Å². The van der Waals surface area contributed by atoms with Gasteiger partial charge in [0.25, 0.3) is 0 Å². The molecule has 98 valence electrons. The van der Waals surface area contributed by atoms with Gasteiger partial charge in [0.15, 0.2) is 0 Å². The van der Waals surface area contributed by atoms with Crippen LogP contribution in [0.4, 0.5) is 0 Å². The first-order valence-electron chi connectivity index (χ1n) is 6.78. The van der Waals surface area contributed by atoms with Crippen molar-refractivity contribution in [3.63, 3.8) is 0 Å². The van der Waals surface area contributed by atoms with Gasteiger partial charge in [0.05, 0.1) is 6.20 Å². The van der Waals surface area contributed by atoms with Gasteiger partial charge >= 0.3 is 0 Å². The van der Waals surface area contributed by atoms with Crippen LogP contribution in [0.5, 0.6) is 0 Å². The molecule has 0 spiro atoms. The third kappa shape index (κ3) is 4.90. The average Bonchev–Trinajstić information content (AvgIpc) is 2.64. The van der Waals surface area contributed by atoms with Crippen molar-refractivity contribution in [3.05, 3.63) is 18.0 Å². The largest absolute Gasteiger partial charge is 0.316 e. The predicted molar refractivity (Wildman–Crippen MR) is 73.1 cm³/mol. The van der Waals surface area contributed by atoms with Crippen LogP contribution in [0.3, 0.4) is 0 Å². The molecule has 1 rings (SSSR count). The van der Waals surface area contributed by atoms with Crippen LogP contribution in [0.25, 0.3) is 0 Å². The topological polar surface area (TPSA) is 29.9 Å². The standard InChI is InChI=1S/C14H27N3/c1-5-7-14(3,12-15-8-6-2)9-13-10-16-17(4)11-13/h10-11,15H,5-9,12H2,1-4H3. The van der Waals surface area contributed by atoms with E-state index in [-0.39, 0.29) is 0 Å². The molecule has 1 aromatic rings. The highest BCUT2D eigenvalue weighted by Crippen LogP contribution is 2.27. The quantitative estimate of drug-likeness (QED) is 0.705. The highest BCUT2D eigenvalue weighted by molar-refractivity contribution is 5.07. The third-order valence-electron chi connectivity index (χ3n) is 3.22. The maximum absolute atomic E-state index is 4.25. The number of nitrogens with zero attached hydrogens (tertiary/aromatic N) is 2. The predicted octanol–water partition coefficient (Wildman–Crippen LogP) is 2.77. The van der Waals surface area contributed by atoms with E-state index in [9.17, 15) is 0 Å². The normalized spacial score (nSPS) is 14.8. The fraction of sp³-hybridized carbons (Fsp3) is 0.786. The van der Waals surface area contributed by atoms with Crippen LogP contribution in [0.1, 0.15) is 45.6 Å². The van der Waals surface area contributed by atoms with Crippen LogP contribution in [0.2, 0.25) is 0 Å². The van der Waals surface area contributed by atoms with Crippen LogP contribution >= 0.6 is 0 Å². The highest BCUT2D eigenvalue weighted by atomic mass is 15.2. The van der Waals surface area contributed by atoms with Crippen molar-refractivity contribution in [2.24, 2.45) is 12.5 Å². The molecule has 0 aliphatic carbocycles. The molecule has 1 N–H and O–H groups in total. The van der Waals surface area contributed by atoms with Crippen LogP contribution in [-0.4, -0.2) is 22.9 Å². The maximum Gasteiger partial charge on any atom is 0.0521 e. The summed E-state index contributed by atoms with van der Waals surface area (Å²) in [4.78, 5) is 0. The number of hydrogen-bond donors (Lipinski definition) is 1. The van der Waals surface area contributed by atoms with Crippen molar-refractivity contribution in [1.82, 2.24) is 15.1 Å². The molecule has 0 aliphatic heterocycles. The lowest BCUT2D eigenvalue weighted by Crippen LogP contribution is -2.34. The molecule has 0 saturated carbocycles. The lowest BCUT2D eigenvalue weighted by atomic mass is 9.80. The maximum atomic E-state index is 4.25. The van der Waals surface area contributed by atoms with Crippen LogP contribution in [0.15, 0.2) is 12.4 Å². The first kappa shape index (κ1) is 14.2. The van der Waals surface area contributed by atoms with Gasteiger partial charge in [-0.2, -0.15) is 5.10 Å². The zero-order valence-electron chi connectivity index (χ0n) is 11.8. The fourth-order valence-corrected chi connectivity index (χ4v) is 2.47. The smallest absolute Gasteiger partial charge is 0.0521 e. The van der Waals surface area contributed by atoms with Gasteiger partial charge in [-0.05, 0) is 36.8 Å². The summed E-state index contributed by atoms with van der Waals surface area (Å²) in [6.07, 6.45) is 8.95. The second-order valence-corrected chi connectivity index (χ2v) is 5.44. The third-order valence-corrected chi connectivity index (χ3v) is 3.22. The van der Waals surface area contributed by atoms with Crippen molar-refractivity contribution in [2.75, 3.05) is 13.1 Å². The Kier molecular flexibility index (Phi) is 5.69. The van der Waals surface area contributed by atoms with Crippen LogP contribution in [-0.2, 0) is 13.5 Å². The Labute approximate surface area is 106 Å². The molecule has 1 aromatic heterocycles. The van der Waals surface area contributed by atoms with Gasteiger partial charge in [-0.15, -0.1) is 0 Å². The van der Waals surface area contributed by atoms with Gasteiger partial charge in [-0.25, -0.2) is 0 Å². The molecule has 0 bridgehead atoms. The van der Waals surface area contributed by atoms with Crippen molar-refractivity contribution in [3.8, 4) is 0 Å². The van der Waals surface area contributed by atoms with Gasteiger partial charge in [-0.3, -0.25) is 4.68 Å². The molecule has 17 heavy (non-hydrogen) atoms. The summed E-state index contributed by atoms with van der Waals surface area (Å²) >= 11 is 0. The Morgan fingerprint density at radius 3 is 2.65 bits per heavy atom. The Hall–Kier alpha value is -0.830. The van der Waals surface area contributed by atoms with E-state index in [2.05, 4.69) is 37.4 Å². The fourth-order valence-electron chi connectivity index (χ4n) is 2.47. The van der Waals surface area contributed by atoms with E-state index in [1.54, 1.807) is 0 Å². The summed E-state index contributed by atoms with van der Waals surface area (Å²) in [5.41, 5.74) is 1.70. The zero-order chi connectivity index (χ0) is 12.7. The SMILES string of the molecule is CCCNCC(C)(CCC)Cc1cnn(C)c1. The minimum Gasteiger partial charge on any atom is -0.316 e. The van der Waals surface area contributed by atoms with E-state index in [0.29, 0.717) is 5.41 Å². The number of aryl methyl sites for hydroxylation is 1. The molecule has 0 saturated heterocycles. The van der Waals surface area contributed by atoms with Crippen LogP contribution in [0, 0.1) is 5.41 Å². The molecular formula is C14H27N3. The molecule has 0 aromatic carbocycles. The summed E-state index contributed by atoms with van der Waals surface area (Å²) in [5, 5.41) is 7.81. The zero-order valence-corrected chi connectivity index (χ0v) is 11.8. The molecule has 0 aliphatic rings. The Morgan fingerprint density at radius 1 is 1.35 bits per heavy atom. The summed E-state index contributed by atoms with van der Waals surface area (Å²) in [5.74, 6) is 0. The molecule has 1 heterocycles. The van der Waals surface area contributed by atoms with E-state index in [0.717, 1.165) is 19.5 Å². The van der Waals surface area contributed by atoms with Crippen molar-refractivity contribution in [2.45, 2.75) is 46.5 Å². The molecular weight excluding hydrogens is 210 g/mol. The van der Waals surface area contributed by atoms with Crippen LogP contribution < -0.4 is 5.32 Å². The second kappa shape index (κ2) is 6.80.